The normalized spacial score (nSPS) is 12.6. The van der Waals surface area contributed by atoms with E-state index in [0.29, 0.717) is 17.9 Å². The number of aliphatic hydroxyl groups is 1. The SMILES string of the molecule is Cc1ccc(C(=O)NCC(O)CC(C)C)cc1F. The zero-order valence-corrected chi connectivity index (χ0v) is 11.0. The fraction of sp³-hybridized carbons (Fsp3) is 0.500. The standard InChI is InChI=1S/C14H20FNO2/c1-9(2)6-12(17)8-16-14(18)11-5-4-10(3)13(15)7-11/h4-5,7,9,12,17H,6,8H2,1-3H3,(H,16,18). The smallest absolute Gasteiger partial charge is 0.251 e. The zero-order valence-electron chi connectivity index (χ0n) is 11.0. The van der Waals surface area contributed by atoms with E-state index in [9.17, 15) is 14.3 Å². The van der Waals surface area contributed by atoms with Crippen molar-refractivity contribution in [3.8, 4) is 0 Å². The number of benzene rings is 1. The number of aryl methyl sites for hydroxylation is 1. The minimum absolute atomic E-state index is 0.187. The van der Waals surface area contributed by atoms with Crippen LogP contribution in [0, 0.1) is 18.7 Å². The van der Waals surface area contributed by atoms with Gasteiger partial charge in [0, 0.05) is 12.1 Å². The number of carbonyl (C=O) groups excluding carboxylic acids is 1. The fourth-order valence-corrected chi connectivity index (χ4v) is 1.67. The van der Waals surface area contributed by atoms with Gasteiger partial charge in [0.1, 0.15) is 5.82 Å². The van der Waals surface area contributed by atoms with E-state index < -0.39 is 11.9 Å². The van der Waals surface area contributed by atoms with E-state index in [-0.39, 0.29) is 18.0 Å². The maximum absolute atomic E-state index is 13.3. The van der Waals surface area contributed by atoms with E-state index in [1.807, 2.05) is 13.8 Å². The van der Waals surface area contributed by atoms with Gasteiger partial charge in [0.05, 0.1) is 6.10 Å². The van der Waals surface area contributed by atoms with Crippen LogP contribution in [0.2, 0.25) is 0 Å². The van der Waals surface area contributed by atoms with Gasteiger partial charge in [-0.1, -0.05) is 19.9 Å². The second-order valence-corrected chi connectivity index (χ2v) is 4.96. The maximum Gasteiger partial charge on any atom is 0.251 e. The third kappa shape index (κ3) is 4.45. The molecule has 1 unspecified atom stereocenters. The first-order chi connectivity index (χ1) is 8.40. The molecular weight excluding hydrogens is 233 g/mol. The predicted molar refractivity (Wildman–Crippen MR) is 68.9 cm³/mol. The topological polar surface area (TPSA) is 49.3 Å². The molecule has 1 aromatic rings. The Balaban J connectivity index is 2.52. The van der Waals surface area contributed by atoms with Crippen molar-refractivity contribution in [2.24, 2.45) is 5.92 Å². The molecule has 0 aromatic heterocycles. The number of carbonyl (C=O) groups is 1. The van der Waals surface area contributed by atoms with Crippen molar-refractivity contribution in [1.29, 1.82) is 0 Å². The molecule has 1 rings (SSSR count). The summed E-state index contributed by atoms with van der Waals surface area (Å²) in [4.78, 5) is 11.7. The Morgan fingerprint density at radius 2 is 2.11 bits per heavy atom. The van der Waals surface area contributed by atoms with Gasteiger partial charge in [-0.25, -0.2) is 4.39 Å². The van der Waals surface area contributed by atoms with Crippen molar-refractivity contribution in [3.63, 3.8) is 0 Å². The summed E-state index contributed by atoms with van der Waals surface area (Å²) in [5.74, 6) is -0.393. The van der Waals surface area contributed by atoms with Gasteiger partial charge in [0.25, 0.3) is 5.91 Å². The second kappa shape index (κ2) is 6.50. The van der Waals surface area contributed by atoms with Gasteiger partial charge in [-0.05, 0) is 37.0 Å². The molecule has 100 valence electrons. The number of hydrogen-bond acceptors (Lipinski definition) is 2. The van der Waals surface area contributed by atoms with E-state index in [1.54, 1.807) is 19.1 Å². The fourth-order valence-electron chi connectivity index (χ4n) is 1.67. The Morgan fingerprint density at radius 3 is 2.67 bits per heavy atom. The molecule has 1 amide bonds. The first kappa shape index (κ1) is 14.6. The highest BCUT2D eigenvalue weighted by Gasteiger charge is 2.11. The van der Waals surface area contributed by atoms with E-state index >= 15 is 0 Å². The van der Waals surface area contributed by atoms with E-state index in [0.717, 1.165) is 0 Å². The number of halogens is 1. The van der Waals surface area contributed by atoms with Gasteiger partial charge in [0.15, 0.2) is 0 Å². The molecule has 1 aromatic carbocycles. The molecule has 2 N–H and O–H groups in total. The summed E-state index contributed by atoms with van der Waals surface area (Å²) in [6.45, 7) is 5.83. The van der Waals surface area contributed by atoms with E-state index in [2.05, 4.69) is 5.32 Å². The minimum Gasteiger partial charge on any atom is -0.391 e. The summed E-state index contributed by atoms with van der Waals surface area (Å²) >= 11 is 0. The van der Waals surface area contributed by atoms with Gasteiger partial charge in [0.2, 0.25) is 0 Å². The lowest BCUT2D eigenvalue weighted by Gasteiger charge is -2.14. The van der Waals surface area contributed by atoms with Crippen molar-refractivity contribution >= 4 is 5.91 Å². The summed E-state index contributed by atoms with van der Waals surface area (Å²) in [5, 5.41) is 12.2. The molecule has 18 heavy (non-hydrogen) atoms. The van der Waals surface area contributed by atoms with Gasteiger partial charge in [-0.3, -0.25) is 4.79 Å². The highest BCUT2D eigenvalue weighted by molar-refractivity contribution is 5.94. The Bertz CT molecular complexity index is 418. The Kier molecular flexibility index (Phi) is 5.28. The molecule has 0 radical (unpaired) electrons. The monoisotopic (exact) mass is 253 g/mol. The van der Waals surface area contributed by atoms with Crippen LogP contribution in [0.4, 0.5) is 4.39 Å². The van der Waals surface area contributed by atoms with Crippen LogP contribution in [0.25, 0.3) is 0 Å². The van der Waals surface area contributed by atoms with Gasteiger partial charge in [-0.2, -0.15) is 0 Å². The average molecular weight is 253 g/mol. The molecule has 0 aliphatic rings. The molecule has 0 saturated heterocycles. The lowest BCUT2D eigenvalue weighted by Crippen LogP contribution is -2.32. The van der Waals surface area contributed by atoms with Gasteiger partial charge < -0.3 is 10.4 Å². The molecule has 0 aliphatic carbocycles. The molecule has 0 bridgehead atoms. The quantitative estimate of drug-likeness (QED) is 0.845. The molecule has 3 nitrogen and oxygen atoms in total. The predicted octanol–water partition coefficient (Wildman–Crippen LogP) is 2.27. The summed E-state index contributed by atoms with van der Waals surface area (Å²) in [7, 11) is 0. The van der Waals surface area contributed by atoms with Crippen molar-refractivity contribution in [1.82, 2.24) is 5.32 Å². The number of rotatable bonds is 5. The molecule has 0 spiro atoms. The Labute approximate surface area is 107 Å². The Hall–Kier alpha value is -1.42. The summed E-state index contributed by atoms with van der Waals surface area (Å²) in [6.07, 6.45) is 0.0620. The van der Waals surface area contributed by atoms with Crippen molar-refractivity contribution < 1.29 is 14.3 Å². The molecule has 0 aliphatic heterocycles. The molecule has 0 saturated carbocycles. The summed E-state index contributed by atoms with van der Waals surface area (Å²) < 4.78 is 13.3. The first-order valence-electron chi connectivity index (χ1n) is 6.12. The van der Waals surface area contributed by atoms with E-state index in [4.69, 9.17) is 0 Å². The van der Waals surface area contributed by atoms with Crippen LogP contribution >= 0.6 is 0 Å². The van der Waals surface area contributed by atoms with Crippen molar-refractivity contribution in [2.45, 2.75) is 33.3 Å². The second-order valence-electron chi connectivity index (χ2n) is 4.96. The third-order valence-corrected chi connectivity index (χ3v) is 2.68. The lowest BCUT2D eigenvalue weighted by molar-refractivity contribution is 0.0900. The largest absolute Gasteiger partial charge is 0.391 e. The van der Waals surface area contributed by atoms with Crippen LogP contribution in [0.5, 0.6) is 0 Å². The van der Waals surface area contributed by atoms with Crippen LogP contribution in [0.15, 0.2) is 18.2 Å². The maximum atomic E-state index is 13.3. The van der Waals surface area contributed by atoms with Gasteiger partial charge in [-0.15, -0.1) is 0 Å². The molecule has 4 heteroatoms. The molecule has 0 heterocycles. The number of hydrogen-bond donors (Lipinski definition) is 2. The number of amides is 1. The van der Waals surface area contributed by atoms with Crippen molar-refractivity contribution in [3.05, 3.63) is 35.1 Å². The first-order valence-corrected chi connectivity index (χ1v) is 6.12. The highest BCUT2D eigenvalue weighted by Crippen LogP contribution is 2.09. The lowest BCUT2D eigenvalue weighted by atomic mass is 10.1. The van der Waals surface area contributed by atoms with Crippen LogP contribution in [-0.2, 0) is 0 Å². The summed E-state index contributed by atoms with van der Waals surface area (Å²) in [6, 6.07) is 4.34. The zero-order chi connectivity index (χ0) is 13.7. The number of aliphatic hydroxyl groups excluding tert-OH is 1. The number of nitrogens with one attached hydrogen (secondary N) is 1. The average Bonchev–Trinajstić information content (AvgIpc) is 2.28. The van der Waals surface area contributed by atoms with Crippen LogP contribution in [0.1, 0.15) is 36.2 Å². The Morgan fingerprint density at radius 1 is 1.44 bits per heavy atom. The van der Waals surface area contributed by atoms with E-state index in [1.165, 1.54) is 6.07 Å². The van der Waals surface area contributed by atoms with Crippen LogP contribution in [0.3, 0.4) is 0 Å². The molecule has 0 fully saturated rings. The molecule has 1 atom stereocenters. The highest BCUT2D eigenvalue weighted by atomic mass is 19.1. The molecular formula is C14H20FNO2. The van der Waals surface area contributed by atoms with Crippen LogP contribution < -0.4 is 5.32 Å². The van der Waals surface area contributed by atoms with Gasteiger partial charge >= 0.3 is 0 Å². The third-order valence-electron chi connectivity index (χ3n) is 2.68. The van der Waals surface area contributed by atoms with Crippen molar-refractivity contribution in [2.75, 3.05) is 6.54 Å². The van der Waals surface area contributed by atoms with Crippen LogP contribution in [-0.4, -0.2) is 23.7 Å². The minimum atomic E-state index is -0.566. The summed E-state index contributed by atoms with van der Waals surface area (Å²) in [5.41, 5.74) is 0.779.